The summed E-state index contributed by atoms with van der Waals surface area (Å²) in [4.78, 5) is 22.8. The van der Waals surface area contributed by atoms with Crippen molar-refractivity contribution < 1.29 is 49.1 Å². The van der Waals surface area contributed by atoms with E-state index in [1.807, 2.05) is 0 Å². The van der Waals surface area contributed by atoms with Gasteiger partial charge in [-0.25, -0.2) is 27.2 Å². The Balaban J connectivity index is 1.28. The number of carbonyl (C=O) groups excluding carboxylic acids is 1. The minimum Gasteiger partial charge on any atom is -0.374 e. The SMILES string of the molecule is Cn1cnc([C@H](O)C#Cc2ccc(-c3ccc(Cl)c4c(NS(C)(=O)=O)nn(C)c34)c([C@H](Cc3cc(F)cc(F)c3)NC(=O)Cn3nc(C(F)(F)F)c4c3C(F)(F)[C@@H]3C[C@H]43)n2)c1. The van der Waals surface area contributed by atoms with Crippen LogP contribution in [-0.2, 0) is 54.0 Å². The average Bonchev–Trinajstić information content (AvgIpc) is 3.37. The van der Waals surface area contributed by atoms with Gasteiger partial charge in [0.2, 0.25) is 15.9 Å². The second kappa shape index (κ2) is 14.9. The van der Waals surface area contributed by atoms with Crippen LogP contribution in [0.25, 0.3) is 22.0 Å². The number of aliphatic hydroxyl groups excluding tert-OH is 1. The number of alkyl halides is 5. The first-order valence-corrected chi connectivity index (χ1v) is 20.5. The van der Waals surface area contributed by atoms with Crippen molar-refractivity contribution in [3.63, 3.8) is 0 Å². The van der Waals surface area contributed by atoms with Crippen molar-refractivity contribution in [2.45, 2.75) is 49.5 Å². The summed E-state index contributed by atoms with van der Waals surface area (Å²) in [5.41, 5.74) is -2.33. The molecule has 0 aliphatic heterocycles. The number of fused-ring (bicyclic) bond motifs is 4. The van der Waals surface area contributed by atoms with Gasteiger partial charge in [0.05, 0.1) is 45.9 Å². The van der Waals surface area contributed by atoms with Gasteiger partial charge < -0.3 is 15.0 Å². The van der Waals surface area contributed by atoms with Gasteiger partial charge in [0, 0.05) is 49.0 Å². The first-order valence-electron chi connectivity index (χ1n) is 18.2. The quantitative estimate of drug-likeness (QED) is 0.107. The maximum absolute atomic E-state index is 15.4. The van der Waals surface area contributed by atoms with Gasteiger partial charge in [0.1, 0.15) is 29.6 Å². The molecule has 4 heterocycles. The van der Waals surface area contributed by atoms with Crippen LogP contribution in [0.3, 0.4) is 0 Å². The standard InChI is InChI=1S/C39H31ClF7N9O4S/c1-54-15-28(48-17-54)29(57)9-5-21-4-6-22(23-7-8-26(40)32-34(23)55(2)52-37(32)53-61(3,59)60)33(49-21)27(12-18-10-19(41)13-20(42)11-18)50-30(58)16-56-36-31(35(51-56)39(45,46)47)24-14-25(24)38(36,43)44/h4,6-8,10-11,13,15,17,24-25,27,29,57H,12,14,16H2,1-3H3,(H,50,58)(H,52,53)/t24-,25+,27-,29+/m0/s1. The summed E-state index contributed by atoms with van der Waals surface area (Å²) >= 11 is 6.59. The number of amides is 1. The molecular formula is C39H31ClF7N9O4S. The number of aromatic nitrogens is 7. The van der Waals surface area contributed by atoms with Gasteiger partial charge in [0.15, 0.2) is 17.6 Å². The molecule has 0 spiro atoms. The number of anilines is 1. The second-order valence-electron chi connectivity index (χ2n) is 14.9. The third-order valence-corrected chi connectivity index (χ3v) is 11.2. The van der Waals surface area contributed by atoms with E-state index in [2.05, 4.69) is 37.1 Å². The predicted molar refractivity (Wildman–Crippen MR) is 205 cm³/mol. The molecular weight excluding hydrogens is 859 g/mol. The number of nitrogens with one attached hydrogen (secondary N) is 2. The molecule has 1 amide bonds. The lowest BCUT2D eigenvalue weighted by atomic mass is 9.93. The van der Waals surface area contributed by atoms with E-state index >= 15 is 8.78 Å². The van der Waals surface area contributed by atoms with E-state index < -0.39 is 93.6 Å². The number of nitrogens with zero attached hydrogens (tertiary/aromatic N) is 7. The van der Waals surface area contributed by atoms with Crippen molar-refractivity contribution in [3.8, 4) is 23.0 Å². The molecule has 1 saturated carbocycles. The van der Waals surface area contributed by atoms with Crippen LogP contribution in [0.4, 0.5) is 36.6 Å². The molecule has 4 aromatic heterocycles. The topological polar surface area (TPSA) is 162 Å². The first kappa shape index (κ1) is 41.7. The van der Waals surface area contributed by atoms with E-state index in [1.54, 1.807) is 11.6 Å². The lowest BCUT2D eigenvalue weighted by Crippen LogP contribution is -2.35. The maximum atomic E-state index is 15.4. The summed E-state index contributed by atoms with van der Waals surface area (Å²) in [5, 5.41) is 21.3. The normalized spacial score (nSPS) is 17.6. The Bertz CT molecular complexity index is 2930. The fourth-order valence-corrected chi connectivity index (χ4v) is 8.56. The molecule has 22 heteroatoms. The van der Waals surface area contributed by atoms with Crippen LogP contribution in [0, 0.1) is 29.4 Å². The van der Waals surface area contributed by atoms with Crippen LogP contribution in [0.2, 0.25) is 5.02 Å². The number of benzene rings is 2. The van der Waals surface area contributed by atoms with Crippen LogP contribution in [0.5, 0.6) is 0 Å². The molecule has 3 N–H and O–H groups in total. The minimum atomic E-state index is -5.10. The number of pyridine rings is 1. The van der Waals surface area contributed by atoms with E-state index in [1.165, 1.54) is 48.5 Å². The van der Waals surface area contributed by atoms with Crippen molar-refractivity contribution in [2.75, 3.05) is 11.0 Å². The molecule has 0 unspecified atom stereocenters. The fraction of sp³-hybridized carbons (Fsp3) is 0.308. The van der Waals surface area contributed by atoms with Gasteiger partial charge in [-0.3, -0.25) is 18.9 Å². The van der Waals surface area contributed by atoms with Gasteiger partial charge in [-0.1, -0.05) is 23.6 Å². The number of aryl methyl sites for hydroxylation is 2. The highest BCUT2D eigenvalue weighted by atomic mass is 35.5. The predicted octanol–water partition coefficient (Wildman–Crippen LogP) is 6.28. The Morgan fingerprint density at radius 1 is 1.08 bits per heavy atom. The summed E-state index contributed by atoms with van der Waals surface area (Å²) in [6, 6.07) is 7.05. The highest BCUT2D eigenvalue weighted by molar-refractivity contribution is 7.92. The number of sulfonamides is 1. The molecule has 6 aromatic rings. The van der Waals surface area contributed by atoms with Crippen LogP contribution in [0.1, 0.15) is 64.1 Å². The number of halogens is 8. The van der Waals surface area contributed by atoms with Crippen molar-refractivity contribution in [1.82, 2.24) is 39.4 Å². The molecule has 318 valence electrons. The van der Waals surface area contributed by atoms with Gasteiger partial charge in [-0.15, -0.1) is 0 Å². The lowest BCUT2D eigenvalue weighted by Gasteiger charge is -2.23. The highest BCUT2D eigenvalue weighted by Crippen LogP contribution is 2.68. The molecule has 2 aliphatic carbocycles. The maximum Gasteiger partial charge on any atom is 0.435 e. The summed E-state index contributed by atoms with van der Waals surface area (Å²) in [5.74, 6) is -3.99. The van der Waals surface area contributed by atoms with Gasteiger partial charge in [0.25, 0.3) is 5.92 Å². The summed E-state index contributed by atoms with van der Waals surface area (Å²) in [7, 11) is -0.697. The molecule has 13 nitrogen and oxygen atoms in total. The van der Waals surface area contributed by atoms with Crippen molar-refractivity contribution in [2.24, 2.45) is 20.0 Å². The van der Waals surface area contributed by atoms with E-state index in [-0.39, 0.29) is 61.9 Å². The Kier molecular flexibility index (Phi) is 10.2. The first-order chi connectivity index (χ1) is 28.6. The average molecular weight is 890 g/mol. The smallest absolute Gasteiger partial charge is 0.374 e. The molecule has 1 fully saturated rings. The van der Waals surface area contributed by atoms with Crippen LogP contribution in [0.15, 0.2) is 55.0 Å². The number of hydrogen-bond acceptors (Lipinski definition) is 8. The molecule has 4 atom stereocenters. The number of hydrogen-bond donors (Lipinski definition) is 3. The van der Waals surface area contributed by atoms with Crippen molar-refractivity contribution in [1.29, 1.82) is 0 Å². The number of carbonyl (C=O) groups is 1. The van der Waals surface area contributed by atoms with Crippen LogP contribution < -0.4 is 10.0 Å². The van der Waals surface area contributed by atoms with Crippen molar-refractivity contribution in [3.05, 3.63) is 111 Å². The zero-order valence-corrected chi connectivity index (χ0v) is 33.4. The third-order valence-electron chi connectivity index (χ3n) is 10.3. The van der Waals surface area contributed by atoms with E-state index in [4.69, 9.17) is 16.6 Å². The molecule has 8 rings (SSSR count). The number of aliphatic hydroxyl groups is 1. The molecule has 0 saturated heterocycles. The summed E-state index contributed by atoms with van der Waals surface area (Å²) in [6.45, 7) is -1.11. The molecule has 61 heavy (non-hydrogen) atoms. The summed E-state index contributed by atoms with van der Waals surface area (Å²) in [6.07, 6.45) is -3.19. The Morgan fingerprint density at radius 3 is 2.44 bits per heavy atom. The fourth-order valence-electron chi connectivity index (χ4n) is 7.82. The van der Waals surface area contributed by atoms with Gasteiger partial charge in [-0.05, 0) is 60.6 Å². The zero-order valence-electron chi connectivity index (χ0n) is 31.9. The Morgan fingerprint density at radius 2 is 1.79 bits per heavy atom. The number of rotatable bonds is 10. The zero-order chi connectivity index (χ0) is 43.9. The second-order valence-corrected chi connectivity index (χ2v) is 17.0. The van der Waals surface area contributed by atoms with Crippen molar-refractivity contribution >= 4 is 44.3 Å². The molecule has 2 aliphatic rings. The van der Waals surface area contributed by atoms with Crippen LogP contribution >= 0.6 is 11.6 Å². The lowest BCUT2D eigenvalue weighted by molar-refractivity contribution is -0.142. The van der Waals surface area contributed by atoms with Crippen LogP contribution in [-0.4, -0.2) is 59.8 Å². The van der Waals surface area contributed by atoms with E-state index in [0.29, 0.717) is 10.7 Å². The van der Waals surface area contributed by atoms with E-state index in [9.17, 15) is 40.3 Å². The Labute approximate surface area is 346 Å². The van der Waals surface area contributed by atoms with Gasteiger partial charge >= 0.3 is 6.18 Å². The third kappa shape index (κ3) is 8.02. The minimum absolute atomic E-state index is 0.00775. The summed E-state index contributed by atoms with van der Waals surface area (Å²) < 4.78 is 133. The van der Waals surface area contributed by atoms with Gasteiger partial charge in [-0.2, -0.15) is 32.1 Å². The molecule has 0 radical (unpaired) electrons. The number of imidazole rings is 1. The highest BCUT2D eigenvalue weighted by Gasteiger charge is 2.68. The monoisotopic (exact) mass is 889 g/mol. The molecule has 0 bridgehead atoms. The van der Waals surface area contributed by atoms with E-state index in [0.717, 1.165) is 18.4 Å². The Hall–Kier alpha value is -5.98. The largest absolute Gasteiger partial charge is 0.435 e. The molecule has 2 aromatic carbocycles.